The van der Waals surface area contributed by atoms with E-state index in [0.717, 1.165) is 12.0 Å². The fraction of sp³-hybridized carbons (Fsp3) is 0.467. The minimum atomic E-state index is -0.136. The maximum Gasteiger partial charge on any atom is 0.236 e. The molecule has 3 heteroatoms. The third-order valence-electron chi connectivity index (χ3n) is 3.24. The van der Waals surface area contributed by atoms with Crippen LogP contribution in [-0.2, 0) is 11.3 Å². The zero-order valence-corrected chi connectivity index (χ0v) is 11.3. The van der Waals surface area contributed by atoms with E-state index in [1.54, 1.807) is 11.9 Å². The number of rotatable bonds is 5. The molecule has 0 fully saturated rings. The second kappa shape index (κ2) is 6.80. The molecule has 0 heterocycles. The summed E-state index contributed by atoms with van der Waals surface area (Å²) in [5.74, 6) is 0.431. The van der Waals surface area contributed by atoms with Gasteiger partial charge in [-0.2, -0.15) is 5.26 Å². The minimum absolute atomic E-state index is 0.0541. The summed E-state index contributed by atoms with van der Waals surface area (Å²) in [6.45, 7) is 4.94. The molecule has 0 radical (unpaired) electrons. The van der Waals surface area contributed by atoms with Gasteiger partial charge in [-0.05, 0) is 23.5 Å². The molecule has 0 bridgehead atoms. The average molecular weight is 244 g/mol. The van der Waals surface area contributed by atoms with Crippen molar-refractivity contribution in [1.29, 1.82) is 5.26 Å². The predicted octanol–water partition coefficient (Wildman–Crippen LogP) is 3.07. The number of carbonyl (C=O) groups excluding carboxylic acids is 1. The first-order valence-electron chi connectivity index (χ1n) is 6.28. The maximum atomic E-state index is 11.5. The number of hydrogen-bond donors (Lipinski definition) is 0. The van der Waals surface area contributed by atoms with Gasteiger partial charge in [0.05, 0.1) is 6.07 Å². The normalized spacial score (nSPS) is 11.7. The Morgan fingerprint density at radius 1 is 1.39 bits per heavy atom. The molecule has 0 saturated heterocycles. The molecule has 0 saturated carbocycles. The topological polar surface area (TPSA) is 44.1 Å². The van der Waals surface area contributed by atoms with E-state index in [1.165, 1.54) is 5.56 Å². The lowest BCUT2D eigenvalue weighted by atomic mass is 9.97. The molecule has 1 unspecified atom stereocenters. The lowest BCUT2D eigenvalue weighted by Gasteiger charge is -2.16. The van der Waals surface area contributed by atoms with Gasteiger partial charge in [0, 0.05) is 13.6 Å². The van der Waals surface area contributed by atoms with Gasteiger partial charge in [-0.15, -0.1) is 0 Å². The summed E-state index contributed by atoms with van der Waals surface area (Å²) in [4.78, 5) is 13.1. The Morgan fingerprint density at radius 2 is 2.00 bits per heavy atom. The maximum absolute atomic E-state index is 11.5. The number of hydrogen-bond acceptors (Lipinski definition) is 2. The van der Waals surface area contributed by atoms with E-state index in [9.17, 15) is 4.79 Å². The van der Waals surface area contributed by atoms with Crippen molar-refractivity contribution in [2.75, 3.05) is 7.05 Å². The Hall–Kier alpha value is -1.82. The van der Waals surface area contributed by atoms with Gasteiger partial charge in [0.25, 0.3) is 0 Å². The number of nitrogens with zero attached hydrogens (tertiary/aromatic N) is 2. The quantitative estimate of drug-likeness (QED) is 0.799. The third-order valence-corrected chi connectivity index (χ3v) is 3.24. The van der Waals surface area contributed by atoms with Gasteiger partial charge >= 0.3 is 0 Å². The SMILES string of the molecule is CCC(C)c1ccc(CN(C)C(=O)CC#N)cc1. The zero-order valence-electron chi connectivity index (χ0n) is 11.3. The van der Waals surface area contributed by atoms with Gasteiger partial charge in [-0.1, -0.05) is 38.1 Å². The van der Waals surface area contributed by atoms with Gasteiger partial charge in [0.1, 0.15) is 6.42 Å². The monoisotopic (exact) mass is 244 g/mol. The standard InChI is InChI=1S/C15H20N2O/c1-4-12(2)14-7-5-13(6-8-14)11-17(3)15(18)9-10-16/h5-8,12H,4,9,11H2,1-3H3. The molecule has 0 aliphatic rings. The van der Waals surface area contributed by atoms with Crippen LogP contribution in [0.2, 0.25) is 0 Å². The van der Waals surface area contributed by atoms with Crippen molar-refractivity contribution in [1.82, 2.24) is 4.90 Å². The van der Waals surface area contributed by atoms with Gasteiger partial charge in [0.15, 0.2) is 0 Å². The Labute approximate surface area is 109 Å². The van der Waals surface area contributed by atoms with Crippen LogP contribution in [0.3, 0.4) is 0 Å². The summed E-state index contributed by atoms with van der Waals surface area (Å²) in [6, 6.07) is 10.2. The van der Waals surface area contributed by atoms with Gasteiger partial charge in [0.2, 0.25) is 5.91 Å². The molecule has 1 amide bonds. The first-order chi connectivity index (χ1) is 8.58. The molecule has 3 nitrogen and oxygen atoms in total. The molecule has 96 valence electrons. The highest BCUT2D eigenvalue weighted by atomic mass is 16.2. The van der Waals surface area contributed by atoms with Crippen LogP contribution in [0.1, 0.15) is 43.7 Å². The number of nitriles is 1. The van der Waals surface area contributed by atoms with E-state index >= 15 is 0 Å². The average Bonchev–Trinajstić information content (AvgIpc) is 2.39. The van der Waals surface area contributed by atoms with E-state index in [0.29, 0.717) is 12.5 Å². The first-order valence-corrected chi connectivity index (χ1v) is 6.28. The molecule has 1 rings (SSSR count). The Balaban J connectivity index is 2.64. The van der Waals surface area contributed by atoms with Crippen molar-refractivity contribution in [3.8, 4) is 6.07 Å². The molecule has 1 atom stereocenters. The fourth-order valence-electron chi connectivity index (χ4n) is 1.75. The van der Waals surface area contributed by atoms with E-state index < -0.39 is 0 Å². The van der Waals surface area contributed by atoms with Crippen molar-refractivity contribution >= 4 is 5.91 Å². The zero-order chi connectivity index (χ0) is 13.5. The van der Waals surface area contributed by atoms with Crippen molar-refractivity contribution < 1.29 is 4.79 Å². The first kappa shape index (κ1) is 14.2. The summed E-state index contributed by atoms with van der Waals surface area (Å²) >= 11 is 0. The number of benzene rings is 1. The van der Waals surface area contributed by atoms with Gasteiger partial charge < -0.3 is 4.90 Å². The molecule has 1 aromatic carbocycles. The molecule has 0 N–H and O–H groups in total. The van der Waals surface area contributed by atoms with Crippen molar-refractivity contribution in [3.63, 3.8) is 0 Å². The molecule has 1 aromatic rings. The van der Waals surface area contributed by atoms with Crippen LogP contribution >= 0.6 is 0 Å². The fourth-order valence-corrected chi connectivity index (χ4v) is 1.75. The lowest BCUT2D eigenvalue weighted by Crippen LogP contribution is -2.25. The van der Waals surface area contributed by atoms with Crippen LogP contribution in [0.4, 0.5) is 0 Å². The minimum Gasteiger partial charge on any atom is -0.341 e. The smallest absolute Gasteiger partial charge is 0.236 e. The van der Waals surface area contributed by atoms with Crippen LogP contribution in [0.25, 0.3) is 0 Å². The van der Waals surface area contributed by atoms with Crippen molar-refractivity contribution in [2.24, 2.45) is 0 Å². The number of carbonyl (C=O) groups is 1. The van der Waals surface area contributed by atoms with Crippen molar-refractivity contribution in [3.05, 3.63) is 35.4 Å². The lowest BCUT2D eigenvalue weighted by molar-refractivity contribution is -0.129. The predicted molar refractivity (Wildman–Crippen MR) is 71.9 cm³/mol. The Bertz CT molecular complexity index is 431. The highest BCUT2D eigenvalue weighted by Gasteiger charge is 2.09. The summed E-state index contributed by atoms with van der Waals surface area (Å²) in [6.07, 6.45) is 1.07. The summed E-state index contributed by atoms with van der Waals surface area (Å²) in [5, 5.41) is 8.48. The highest BCUT2D eigenvalue weighted by Crippen LogP contribution is 2.19. The molecule has 0 spiro atoms. The van der Waals surface area contributed by atoms with Crippen LogP contribution in [-0.4, -0.2) is 17.9 Å². The van der Waals surface area contributed by atoms with E-state index in [-0.39, 0.29) is 12.3 Å². The summed E-state index contributed by atoms with van der Waals surface area (Å²) in [7, 11) is 1.72. The van der Waals surface area contributed by atoms with Crippen LogP contribution in [0, 0.1) is 11.3 Å². The second-order valence-corrected chi connectivity index (χ2v) is 4.64. The van der Waals surface area contributed by atoms with Crippen LogP contribution < -0.4 is 0 Å². The molecular weight excluding hydrogens is 224 g/mol. The molecule has 0 aliphatic heterocycles. The molecule has 0 aliphatic carbocycles. The van der Waals surface area contributed by atoms with Crippen LogP contribution in [0.5, 0.6) is 0 Å². The van der Waals surface area contributed by atoms with E-state index in [1.807, 2.05) is 6.07 Å². The highest BCUT2D eigenvalue weighted by molar-refractivity contribution is 5.77. The molecule has 18 heavy (non-hydrogen) atoms. The third kappa shape index (κ3) is 3.89. The second-order valence-electron chi connectivity index (χ2n) is 4.64. The molecule has 0 aromatic heterocycles. The summed E-state index contributed by atoms with van der Waals surface area (Å²) < 4.78 is 0. The van der Waals surface area contributed by atoms with Gasteiger partial charge in [-0.25, -0.2) is 0 Å². The van der Waals surface area contributed by atoms with E-state index in [4.69, 9.17) is 5.26 Å². The summed E-state index contributed by atoms with van der Waals surface area (Å²) in [5.41, 5.74) is 2.42. The van der Waals surface area contributed by atoms with Gasteiger partial charge in [-0.3, -0.25) is 4.79 Å². The van der Waals surface area contributed by atoms with Crippen LogP contribution in [0.15, 0.2) is 24.3 Å². The number of amides is 1. The largest absolute Gasteiger partial charge is 0.341 e. The molecular formula is C15H20N2O. The van der Waals surface area contributed by atoms with E-state index in [2.05, 4.69) is 38.1 Å². The Morgan fingerprint density at radius 3 is 2.50 bits per heavy atom. The van der Waals surface area contributed by atoms with Crippen molar-refractivity contribution in [2.45, 2.75) is 39.2 Å². The Kier molecular flexibility index (Phi) is 5.38.